The highest BCUT2D eigenvalue weighted by Crippen LogP contribution is 2.33. The number of amides is 1. The summed E-state index contributed by atoms with van der Waals surface area (Å²) in [4.78, 5) is 24.4. The molecule has 5 nitrogen and oxygen atoms in total. The van der Waals surface area contributed by atoms with Crippen LogP contribution in [0.3, 0.4) is 0 Å². The molecule has 1 aliphatic carbocycles. The number of hydrogen-bond donors (Lipinski definition) is 0. The van der Waals surface area contributed by atoms with E-state index >= 15 is 0 Å². The van der Waals surface area contributed by atoms with Crippen molar-refractivity contribution in [2.24, 2.45) is 0 Å². The van der Waals surface area contributed by atoms with Gasteiger partial charge in [-0.3, -0.25) is 14.9 Å². The average Bonchev–Trinajstić information content (AvgIpc) is 2.51. The third-order valence-electron chi connectivity index (χ3n) is 4.22. The fourth-order valence-corrected chi connectivity index (χ4v) is 3.20. The molecule has 120 valence electrons. The van der Waals surface area contributed by atoms with E-state index in [2.05, 4.69) is 0 Å². The highest BCUT2D eigenvalue weighted by Gasteiger charge is 2.31. The van der Waals surface area contributed by atoms with Crippen LogP contribution in [0.4, 0.5) is 10.1 Å². The van der Waals surface area contributed by atoms with E-state index in [0.29, 0.717) is 37.8 Å². The number of halogens is 1. The summed E-state index contributed by atoms with van der Waals surface area (Å²) in [5.74, 6) is -0.677. The molecule has 1 aromatic rings. The maximum Gasteiger partial charge on any atom is 0.308 e. The maximum absolute atomic E-state index is 13.7. The van der Waals surface area contributed by atoms with E-state index in [4.69, 9.17) is 0 Å². The summed E-state index contributed by atoms with van der Waals surface area (Å²) in [6.07, 6.45) is 2.96. The van der Waals surface area contributed by atoms with Gasteiger partial charge in [0.25, 0.3) is 0 Å². The lowest BCUT2D eigenvalue weighted by atomic mass is 9.86. The Morgan fingerprint density at radius 3 is 2.77 bits per heavy atom. The van der Waals surface area contributed by atoms with Gasteiger partial charge in [-0.15, -0.1) is 0 Å². The molecule has 2 rings (SSSR count). The molecule has 0 spiro atoms. The van der Waals surface area contributed by atoms with Crippen LogP contribution < -0.4 is 0 Å². The number of nitrogens with zero attached hydrogens (tertiary/aromatic N) is 2. The van der Waals surface area contributed by atoms with Crippen molar-refractivity contribution in [1.82, 2.24) is 4.90 Å². The third-order valence-corrected chi connectivity index (χ3v) is 4.22. The van der Waals surface area contributed by atoms with Crippen LogP contribution in [0.25, 0.3) is 0 Å². The van der Waals surface area contributed by atoms with E-state index in [0.717, 1.165) is 18.1 Å². The normalized spacial score (nSPS) is 17.0. The topological polar surface area (TPSA) is 63.5 Å². The molecule has 6 heteroatoms. The summed E-state index contributed by atoms with van der Waals surface area (Å²) in [6, 6.07) is 2.82. The van der Waals surface area contributed by atoms with Gasteiger partial charge in [0.2, 0.25) is 11.7 Å². The molecule has 1 atom stereocenters. The molecule has 1 aliphatic rings. The second kappa shape index (κ2) is 6.85. The zero-order valence-electron chi connectivity index (χ0n) is 13.0. The van der Waals surface area contributed by atoms with Gasteiger partial charge in [0.05, 0.1) is 4.92 Å². The molecule has 1 amide bonds. The van der Waals surface area contributed by atoms with Crippen LogP contribution in [-0.4, -0.2) is 28.3 Å². The Labute approximate surface area is 129 Å². The number of nitro benzene ring substituents is 1. The molecule has 0 heterocycles. The van der Waals surface area contributed by atoms with Crippen molar-refractivity contribution >= 4 is 11.6 Å². The Morgan fingerprint density at radius 1 is 1.45 bits per heavy atom. The standard InChI is InChI=1S/C16H21FN2O3/c1-3-9-18(15(20)4-2)12-6-7-13-11(10-12)5-8-14(17)16(13)19(21)22/h5,8,12H,3-4,6-7,9-10H2,1-2H3. The summed E-state index contributed by atoms with van der Waals surface area (Å²) in [5.41, 5.74) is 0.871. The molecule has 0 saturated heterocycles. The first-order valence-electron chi connectivity index (χ1n) is 7.73. The van der Waals surface area contributed by atoms with Gasteiger partial charge >= 0.3 is 5.69 Å². The Morgan fingerprint density at radius 2 is 2.18 bits per heavy atom. The quantitative estimate of drug-likeness (QED) is 0.619. The SMILES string of the molecule is CCCN(C(=O)CC)C1CCc2c(ccc(F)c2[N+](=O)[O-])C1. The number of rotatable bonds is 5. The Hall–Kier alpha value is -1.98. The molecule has 22 heavy (non-hydrogen) atoms. The van der Waals surface area contributed by atoms with E-state index in [1.54, 1.807) is 6.07 Å². The maximum atomic E-state index is 13.7. The van der Waals surface area contributed by atoms with Crippen molar-refractivity contribution in [2.75, 3.05) is 6.54 Å². The number of carbonyl (C=O) groups excluding carboxylic acids is 1. The van der Waals surface area contributed by atoms with E-state index in [-0.39, 0.29) is 11.9 Å². The van der Waals surface area contributed by atoms with Crippen molar-refractivity contribution in [2.45, 2.75) is 52.0 Å². The van der Waals surface area contributed by atoms with E-state index in [1.807, 2.05) is 18.7 Å². The first-order valence-corrected chi connectivity index (χ1v) is 7.73. The smallest absolute Gasteiger partial charge is 0.308 e. The minimum absolute atomic E-state index is 0.0463. The molecule has 0 aromatic heterocycles. The van der Waals surface area contributed by atoms with Crippen molar-refractivity contribution in [3.05, 3.63) is 39.2 Å². The van der Waals surface area contributed by atoms with E-state index < -0.39 is 16.4 Å². The zero-order chi connectivity index (χ0) is 16.3. The first-order chi connectivity index (χ1) is 10.5. The predicted octanol–water partition coefficient (Wildman–Crippen LogP) is 3.24. The summed E-state index contributed by atoms with van der Waals surface area (Å²) in [7, 11) is 0. The van der Waals surface area contributed by atoms with Crippen LogP contribution >= 0.6 is 0 Å². The second-order valence-electron chi connectivity index (χ2n) is 5.63. The number of fused-ring (bicyclic) bond motifs is 1. The van der Waals surface area contributed by atoms with E-state index in [1.165, 1.54) is 0 Å². The highest BCUT2D eigenvalue weighted by molar-refractivity contribution is 5.76. The van der Waals surface area contributed by atoms with Crippen molar-refractivity contribution < 1.29 is 14.1 Å². The Balaban J connectivity index is 2.30. The molecule has 0 aliphatic heterocycles. The summed E-state index contributed by atoms with van der Waals surface area (Å²) in [6.45, 7) is 4.55. The number of hydrogen-bond acceptors (Lipinski definition) is 3. The monoisotopic (exact) mass is 308 g/mol. The summed E-state index contributed by atoms with van der Waals surface area (Å²) >= 11 is 0. The molecular formula is C16H21FN2O3. The first kappa shape index (κ1) is 16.4. The summed E-state index contributed by atoms with van der Waals surface area (Å²) in [5, 5.41) is 11.1. The molecule has 0 fully saturated rings. The van der Waals surface area contributed by atoms with Gasteiger partial charge in [-0.2, -0.15) is 4.39 Å². The molecule has 1 aromatic carbocycles. The molecule has 0 saturated carbocycles. The van der Waals surface area contributed by atoms with Gasteiger partial charge in [-0.25, -0.2) is 0 Å². The van der Waals surface area contributed by atoms with Crippen LogP contribution in [-0.2, 0) is 17.6 Å². The minimum atomic E-state index is -0.780. The van der Waals surface area contributed by atoms with Gasteiger partial charge in [-0.1, -0.05) is 19.9 Å². The van der Waals surface area contributed by atoms with Crippen LogP contribution in [0.1, 0.15) is 44.2 Å². The Kier molecular flexibility index (Phi) is 5.11. The number of benzene rings is 1. The van der Waals surface area contributed by atoms with Crippen LogP contribution in [0.5, 0.6) is 0 Å². The average molecular weight is 308 g/mol. The van der Waals surface area contributed by atoms with Crippen molar-refractivity contribution in [1.29, 1.82) is 0 Å². The van der Waals surface area contributed by atoms with Gasteiger partial charge < -0.3 is 4.90 Å². The van der Waals surface area contributed by atoms with E-state index in [9.17, 15) is 19.3 Å². The van der Waals surface area contributed by atoms with Crippen LogP contribution in [0, 0.1) is 15.9 Å². The van der Waals surface area contributed by atoms with Gasteiger partial charge in [-0.05, 0) is 37.3 Å². The van der Waals surface area contributed by atoms with Crippen LogP contribution in [0.15, 0.2) is 12.1 Å². The molecule has 0 bridgehead atoms. The Bertz CT molecular complexity index is 589. The third kappa shape index (κ3) is 3.10. The number of nitro groups is 1. The highest BCUT2D eigenvalue weighted by atomic mass is 19.1. The largest absolute Gasteiger partial charge is 0.339 e. The molecule has 1 unspecified atom stereocenters. The van der Waals surface area contributed by atoms with Crippen molar-refractivity contribution in [3.8, 4) is 0 Å². The fourth-order valence-electron chi connectivity index (χ4n) is 3.20. The molecule has 0 N–H and O–H groups in total. The van der Waals surface area contributed by atoms with Gasteiger partial charge in [0.15, 0.2) is 0 Å². The fraction of sp³-hybridized carbons (Fsp3) is 0.562. The summed E-state index contributed by atoms with van der Waals surface area (Å²) < 4.78 is 13.7. The van der Waals surface area contributed by atoms with Crippen molar-refractivity contribution in [3.63, 3.8) is 0 Å². The predicted molar refractivity (Wildman–Crippen MR) is 81.2 cm³/mol. The lowest BCUT2D eigenvalue weighted by Gasteiger charge is -2.35. The molecule has 0 radical (unpaired) electrons. The van der Waals surface area contributed by atoms with Gasteiger partial charge in [0, 0.05) is 24.6 Å². The lowest BCUT2D eigenvalue weighted by molar-refractivity contribution is -0.388. The minimum Gasteiger partial charge on any atom is -0.339 e. The van der Waals surface area contributed by atoms with Crippen LogP contribution in [0.2, 0.25) is 0 Å². The second-order valence-corrected chi connectivity index (χ2v) is 5.63. The lowest BCUT2D eigenvalue weighted by Crippen LogP contribution is -2.43. The van der Waals surface area contributed by atoms with Gasteiger partial charge in [0.1, 0.15) is 0 Å². The molecular weight excluding hydrogens is 287 g/mol. The number of carbonyl (C=O) groups is 1. The zero-order valence-corrected chi connectivity index (χ0v) is 13.0.